The van der Waals surface area contributed by atoms with E-state index in [-0.39, 0.29) is 17.7 Å². The van der Waals surface area contributed by atoms with E-state index < -0.39 is 42.2 Å². The summed E-state index contributed by atoms with van der Waals surface area (Å²) in [5.41, 5.74) is 1.10. The fourth-order valence-electron chi connectivity index (χ4n) is 3.08. The SMILES string of the molecule is COC(=O)[C@H](CC(=O)NC(=O)NCc1ccccc1)N1C(=O)c2ccccc2C1=O. The molecule has 2 N–H and O–H groups in total. The number of nitrogens with one attached hydrogen (secondary N) is 2. The van der Waals surface area contributed by atoms with Gasteiger partial charge in [-0.1, -0.05) is 42.5 Å². The largest absolute Gasteiger partial charge is 0.467 e. The Labute approximate surface area is 172 Å². The van der Waals surface area contributed by atoms with Gasteiger partial charge in [0.1, 0.15) is 6.04 Å². The lowest BCUT2D eigenvalue weighted by Crippen LogP contribution is -2.49. The second kappa shape index (κ2) is 8.99. The highest BCUT2D eigenvalue weighted by Crippen LogP contribution is 2.26. The number of carbonyl (C=O) groups excluding carboxylic acids is 5. The Morgan fingerprint density at radius 2 is 1.50 bits per heavy atom. The highest BCUT2D eigenvalue weighted by atomic mass is 16.5. The average molecular weight is 409 g/mol. The molecule has 1 atom stereocenters. The van der Waals surface area contributed by atoms with E-state index in [4.69, 9.17) is 0 Å². The minimum absolute atomic E-state index is 0.136. The van der Waals surface area contributed by atoms with Crippen molar-refractivity contribution < 1.29 is 28.7 Å². The number of amides is 5. The van der Waals surface area contributed by atoms with Crippen LogP contribution in [0.25, 0.3) is 0 Å². The van der Waals surface area contributed by atoms with Gasteiger partial charge in [-0.3, -0.25) is 24.6 Å². The van der Waals surface area contributed by atoms with E-state index >= 15 is 0 Å². The zero-order chi connectivity index (χ0) is 21.7. The number of carbonyl (C=O) groups is 5. The lowest BCUT2D eigenvalue weighted by Gasteiger charge is -2.23. The smallest absolute Gasteiger partial charge is 0.329 e. The van der Waals surface area contributed by atoms with E-state index in [0.717, 1.165) is 12.7 Å². The van der Waals surface area contributed by atoms with Crippen molar-refractivity contribution in [2.75, 3.05) is 7.11 Å². The molecule has 0 radical (unpaired) electrons. The first-order valence-corrected chi connectivity index (χ1v) is 9.08. The standard InChI is InChI=1S/C21H19N3O6/c1-30-20(28)16(24-18(26)14-9-5-6-10-15(14)19(24)27)11-17(25)23-21(29)22-12-13-7-3-2-4-8-13/h2-10,16H,11-12H2,1H3,(H2,22,23,25,29)/t16-/m0/s1. The zero-order valence-electron chi connectivity index (χ0n) is 16.1. The molecule has 3 rings (SSSR count). The number of ether oxygens (including phenoxy) is 1. The Morgan fingerprint density at radius 1 is 0.933 bits per heavy atom. The Kier molecular flexibility index (Phi) is 6.21. The summed E-state index contributed by atoms with van der Waals surface area (Å²) in [5, 5.41) is 4.60. The molecule has 0 aromatic heterocycles. The molecule has 0 saturated heterocycles. The summed E-state index contributed by atoms with van der Waals surface area (Å²) in [4.78, 5) is 62.4. The topological polar surface area (TPSA) is 122 Å². The van der Waals surface area contributed by atoms with Crippen molar-refractivity contribution >= 4 is 29.7 Å². The number of urea groups is 1. The molecule has 9 heteroatoms. The van der Waals surface area contributed by atoms with Crippen LogP contribution in [0.1, 0.15) is 32.7 Å². The van der Waals surface area contributed by atoms with Gasteiger partial charge >= 0.3 is 12.0 Å². The molecular formula is C21H19N3O6. The number of hydrogen-bond acceptors (Lipinski definition) is 6. The second-order valence-electron chi connectivity index (χ2n) is 6.49. The van der Waals surface area contributed by atoms with Crippen LogP contribution in [0.5, 0.6) is 0 Å². The summed E-state index contributed by atoms with van der Waals surface area (Å²) in [6.45, 7) is 0.193. The van der Waals surface area contributed by atoms with Crippen molar-refractivity contribution in [3.05, 3.63) is 71.3 Å². The molecule has 5 amide bonds. The Hall–Kier alpha value is -4.01. The summed E-state index contributed by atoms with van der Waals surface area (Å²) < 4.78 is 4.67. The van der Waals surface area contributed by atoms with Gasteiger partial charge in [-0.25, -0.2) is 9.59 Å². The summed E-state index contributed by atoms with van der Waals surface area (Å²) >= 11 is 0. The number of imide groups is 2. The maximum atomic E-state index is 12.6. The molecule has 154 valence electrons. The summed E-state index contributed by atoms with van der Waals surface area (Å²) in [6, 6.07) is 12.9. The second-order valence-corrected chi connectivity index (χ2v) is 6.49. The molecular weight excluding hydrogens is 390 g/mol. The molecule has 9 nitrogen and oxygen atoms in total. The van der Waals surface area contributed by atoms with E-state index in [1.54, 1.807) is 24.3 Å². The van der Waals surface area contributed by atoms with Crippen LogP contribution in [0.3, 0.4) is 0 Å². The number of fused-ring (bicyclic) bond motifs is 1. The van der Waals surface area contributed by atoms with Crippen LogP contribution >= 0.6 is 0 Å². The van der Waals surface area contributed by atoms with Crippen molar-refractivity contribution in [3.63, 3.8) is 0 Å². The number of benzene rings is 2. The van der Waals surface area contributed by atoms with Crippen molar-refractivity contribution in [3.8, 4) is 0 Å². The summed E-state index contributed by atoms with van der Waals surface area (Å²) in [7, 11) is 1.08. The van der Waals surface area contributed by atoms with E-state index in [2.05, 4.69) is 15.4 Å². The van der Waals surface area contributed by atoms with Gasteiger partial charge in [-0.2, -0.15) is 0 Å². The van der Waals surface area contributed by atoms with Gasteiger partial charge in [0.15, 0.2) is 0 Å². The Balaban J connectivity index is 1.66. The Morgan fingerprint density at radius 3 is 2.07 bits per heavy atom. The van der Waals surface area contributed by atoms with E-state index in [0.29, 0.717) is 4.90 Å². The van der Waals surface area contributed by atoms with Crippen LogP contribution in [-0.4, -0.2) is 47.8 Å². The van der Waals surface area contributed by atoms with Gasteiger partial charge in [0, 0.05) is 6.54 Å². The van der Waals surface area contributed by atoms with Gasteiger partial charge < -0.3 is 10.1 Å². The monoisotopic (exact) mass is 409 g/mol. The molecule has 0 unspecified atom stereocenters. The minimum atomic E-state index is -1.50. The number of rotatable bonds is 6. The van der Waals surface area contributed by atoms with E-state index in [1.165, 1.54) is 12.1 Å². The maximum absolute atomic E-state index is 12.6. The van der Waals surface area contributed by atoms with Gasteiger partial charge in [-0.05, 0) is 17.7 Å². The first-order chi connectivity index (χ1) is 14.4. The van der Waals surface area contributed by atoms with Gasteiger partial charge in [0.05, 0.1) is 24.7 Å². The lowest BCUT2D eigenvalue weighted by molar-refractivity contribution is -0.147. The van der Waals surface area contributed by atoms with Crippen molar-refractivity contribution in [2.24, 2.45) is 0 Å². The summed E-state index contributed by atoms with van der Waals surface area (Å²) in [5.74, 6) is -3.18. The third-order valence-corrected chi connectivity index (χ3v) is 4.54. The van der Waals surface area contributed by atoms with Gasteiger partial charge in [0.25, 0.3) is 11.8 Å². The molecule has 0 aliphatic carbocycles. The lowest BCUT2D eigenvalue weighted by atomic mass is 10.1. The van der Waals surface area contributed by atoms with E-state index in [9.17, 15) is 24.0 Å². The normalized spacial score (nSPS) is 13.4. The van der Waals surface area contributed by atoms with Crippen LogP contribution in [0, 0.1) is 0 Å². The molecule has 0 saturated carbocycles. The molecule has 1 aliphatic rings. The van der Waals surface area contributed by atoms with Crippen molar-refractivity contribution in [2.45, 2.75) is 19.0 Å². The zero-order valence-corrected chi connectivity index (χ0v) is 16.1. The molecule has 30 heavy (non-hydrogen) atoms. The predicted molar refractivity (Wildman–Crippen MR) is 104 cm³/mol. The molecule has 0 fully saturated rings. The van der Waals surface area contributed by atoms with Crippen LogP contribution in [0.4, 0.5) is 4.79 Å². The highest BCUT2D eigenvalue weighted by Gasteiger charge is 2.44. The average Bonchev–Trinajstić information content (AvgIpc) is 3.01. The molecule has 0 bridgehead atoms. The van der Waals surface area contributed by atoms with Gasteiger partial charge in [0.2, 0.25) is 5.91 Å². The first-order valence-electron chi connectivity index (χ1n) is 9.08. The fraction of sp³-hybridized carbons (Fsp3) is 0.190. The van der Waals surface area contributed by atoms with Gasteiger partial charge in [-0.15, -0.1) is 0 Å². The predicted octanol–water partition coefficient (Wildman–Crippen LogP) is 1.24. The van der Waals surface area contributed by atoms with Crippen LogP contribution in [0.15, 0.2) is 54.6 Å². The van der Waals surface area contributed by atoms with Crippen molar-refractivity contribution in [1.29, 1.82) is 0 Å². The highest BCUT2D eigenvalue weighted by molar-refractivity contribution is 6.23. The van der Waals surface area contributed by atoms with Crippen molar-refractivity contribution in [1.82, 2.24) is 15.5 Å². The van der Waals surface area contributed by atoms with Crippen LogP contribution in [-0.2, 0) is 20.9 Å². The molecule has 0 spiro atoms. The number of hydrogen-bond donors (Lipinski definition) is 2. The first kappa shape index (κ1) is 20.7. The quantitative estimate of drug-likeness (QED) is 0.547. The number of esters is 1. The molecule has 1 heterocycles. The van der Waals surface area contributed by atoms with Crippen LogP contribution in [0.2, 0.25) is 0 Å². The number of nitrogens with zero attached hydrogens (tertiary/aromatic N) is 1. The summed E-state index contributed by atoms with van der Waals surface area (Å²) in [6.07, 6.45) is -0.614. The van der Waals surface area contributed by atoms with E-state index in [1.807, 2.05) is 18.2 Å². The molecule has 1 aliphatic heterocycles. The van der Waals surface area contributed by atoms with Crippen LogP contribution < -0.4 is 10.6 Å². The Bertz CT molecular complexity index is 970. The molecule has 2 aromatic carbocycles. The maximum Gasteiger partial charge on any atom is 0.329 e. The third kappa shape index (κ3) is 4.35. The molecule has 2 aromatic rings. The number of methoxy groups -OCH3 is 1. The minimum Gasteiger partial charge on any atom is -0.467 e. The fourth-order valence-corrected chi connectivity index (χ4v) is 3.08. The third-order valence-electron chi connectivity index (χ3n) is 4.54.